The van der Waals surface area contributed by atoms with Crippen molar-refractivity contribution in [1.82, 2.24) is 10.4 Å². The number of carbonyl (C=O) groups is 1. The van der Waals surface area contributed by atoms with Crippen molar-refractivity contribution in [2.45, 2.75) is 0 Å². The van der Waals surface area contributed by atoms with Gasteiger partial charge in [0.15, 0.2) is 0 Å². The van der Waals surface area contributed by atoms with Gasteiger partial charge in [-0.1, -0.05) is 24.3 Å². The van der Waals surface area contributed by atoms with Crippen LogP contribution < -0.4 is 10.2 Å². The lowest BCUT2D eigenvalue weighted by atomic mass is 10.2. The van der Waals surface area contributed by atoms with Crippen LogP contribution in [0.15, 0.2) is 54.6 Å². The molecule has 98 valence electrons. The molecule has 0 unspecified atom stereocenters. The molecule has 0 aromatic heterocycles. The Balaban J connectivity index is 2.13. The van der Waals surface area contributed by atoms with Gasteiger partial charge in [0, 0.05) is 19.7 Å². The van der Waals surface area contributed by atoms with Gasteiger partial charge in [-0.05, 0) is 30.3 Å². The molecule has 4 nitrogen and oxygen atoms in total. The second-order valence-electron chi connectivity index (χ2n) is 4.28. The summed E-state index contributed by atoms with van der Waals surface area (Å²) in [6.45, 7) is 0. The van der Waals surface area contributed by atoms with Crippen LogP contribution in [-0.2, 0) is 0 Å². The van der Waals surface area contributed by atoms with Crippen LogP contribution in [-0.4, -0.2) is 25.0 Å². The molecular formula is C15H16N2O2. The maximum Gasteiger partial charge on any atom is 0.265 e. The van der Waals surface area contributed by atoms with E-state index in [0.29, 0.717) is 11.3 Å². The highest BCUT2D eigenvalue weighted by molar-refractivity contribution is 5.94. The topological polar surface area (TPSA) is 41.6 Å². The standard InChI is InChI=1S/C15H16N2O2/c1-17(2)16-15(18)12-7-6-10-14(11-12)19-13-8-4-3-5-9-13/h3-11H,1-2H3,(H,16,18). The molecule has 0 aliphatic rings. The van der Waals surface area contributed by atoms with E-state index < -0.39 is 0 Å². The fourth-order valence-electron chi connectivity index (χ4n) is 1.59. The van der Waals surface area contributed by atoms with Gasteiger partial charge in [0.2, 0.25) is 0 Å². The zero-order valence-corrected chi connectivity index (χ0v) is 11.0. The third-order valence-electron chi connectivity index (χ3n) is 2.40. The predicted octanol–water partition coefficient (Wildman–Crippen LogP) is 2.69. The van der Waals surface area contributed by atoms with Crippen molar-refractivity contribution in [3.05, 3.63) is 60.2 Å². The highest BCUT2D eigenvalue weighted by atomic mass is 16.5. The minimum absolute atomic E-state index is 0.163. The van der Waals surface area contributed by atoms with Crippen LogP contribution in [0.1, 0.15) is 10.4 Å². The van der Waals surface area contributed by atoms with E-state index in [1.165, 1.54) is 0 Å². The third kappa shape index (κ3) is 3.82. The Labute approximate surface area is 112 Å². The summed E-state index contributed by atoms with van der Waals surface area (Å²) in [5, 5.41) is 1.60. The molecule has 0 saturated carbocycles. The van der Waals surface area contributed by atoms with Crippen LogP contribution in [0.5, 0.6) is 11.5 Å². The Morgan fingerprint density at radius 1 is 1.00 bits per heavy atom. The molecule has 2 aromatic rings. The molecule has 0 fully saturated rings. The number of nitrogens with zero attached hydrogens (tertiary/aromatic N) is 1. The first-order valence-electron chi connectivity index (χ1n) is 5.96. The van der Waals surface area contributed by atoms with Gasteiger partial charge >= 0.3 is 0 Å². The van der Waals surface area contributed by atoms with Crippen molar-refractivity contribution in [3.63, 3.8) is 0 Å². The monoisotopic (exact) mass is 256 g/mol. The summed E-state index contributed by atoms with van der Waals surface area (Å²) in [5.74, 6) is 1.22. The van der Waals surface area contributed by atoms with E-state index in [0.717, 1.165) is 5.75 Å². The summed E-state index contributed by atoms with van der Waals surface area (Å²) in [6.07, 6.45) is 0. The Morgan fingerprint density at radius 3 is 2.37 bits per heavy atom. The van der Waals surface area contributed by atoms with E-state index in [1.54, 1.807) is 37.3 Å². The summed E-state index contributed by atoms with van der Waals surface area (Å²) in [4.78, 5) is 11.9. The smallest absolute Gasteiger partial charge is 0.265 e. The number of rotatable bonds is 4. The zero-order valence-electron chi connectivity index (χ0n) is 11.0. The minimum Gasteiger partial charge on any atom is -0.457 e. The second-order valence-corrected chi connectivity index (χ2v) is 4.28. The normalized spacial score (nSPS) is 10.3. The summed E-state index contributed by atoms with van der Waals surface area (Å²) < 4.78 is 5.68. The zero-order chi connectivity index (χ0) is 13.7. The fraction of sp³-hybridized carbons (Fsp3) is 0.133. The van der Waals surface area contributed by atoms with Crippen molar-refractivity contribution in [3.8, 4) is 11.5 Å². The van der Waals surface area contributed by atoms with E-state index in [4.69, 9.17) is 4.74 Å². The number of nitrogens with one attached hydrogen (secondary N) is 1. The number of ether oxygens (including phenoxy) is 1. The fourth-order valence-corrected chi connectivity index (χ4v) is 1.59. The number of amides is 1. The third-order valence-corrected chi connectivity index (χ3v) is 2.40. The highest BCUT2D eigenvalue weighted by Crippen LogP contribution is 2.21. The van der Waals surface area contributed by atoms with Gasteiger partial charge in [0.25, 0.3) is 5.91 Å². The quantitative estimate of drug-likeness (QED) is 0.855. The Bertz CT molecular complexity index is 553. The molecule has 1 N–H and O–H groups in total. The second kappa shape index (κ2) is 6.02. The van der Waals surface area contributed by atoms with Gasteiger partial charge in [0.1, 0.15) is 11.5 Å². The predicted molar refractivity (Wildman–Crippen MR) is 74.1 cm³/mol. The number of hydrogen-bond acceptors (Lipinski definition) is 3. The van der Waals surface area contributed by atoms with E-state index in [2.05, 4.69) is 5.43 Å². The van der Waals surface area contributed by atoms with Gasteiger partial charge in [0.05, 0.1) is 0 Å². The molecule has 19 heavy (non-hydrogen) atoms. The molecule has 0 saturated heterocycles. The van der Waals surface area contributed by atoms with Crippen LogP contribution in [0.4, 0.5) is 0 Å². The maximum atomic E-state index is 11.9. The molecule has 0 aliphatic heterocycles. The Hall–Kier alpha value is -2.33. The molecule has 1 amide bonds. The van der Waals surface area contributed by atoms with Gasteiger partial charge in [-0.2, -0.15) is 0 Å². The van der Waals surface area contributed by atoms with Crippen LogP contribution in [0.2, 0.25) is 0 Å². The summed E-state index contributed by atoms with van der Waals surface area (Å²) in [5.41, 5.74) is 3.25. The number of benzene rings is 2. The highest BCUT2D eigenvalue weighted by Gasteiger charge is 2.07. The molecule has 0 bridgehead atoms. The summed E-state index contributed by atoms with van der Waals surface area (Å²) in [7, 11) is 3.53. The SMILES string of the molecule is CN(C)NC(=O)c1cccc(Oc2ccccc2)c1. The lowest BCUT2D eigenvalue weighted by Crippen LogP contribution is -2.36. The van der Waals surface area contributed by atoms with E-state index in [-0.39, 0.29) is 5.91 Å². The van der Waals surface area contributed by atoms with E-state index in [9.17, 15) is 4.79 Å². The largest absolute Gasteiger partial charge is 0.457 e. The molecular weight excluding hydrogens is 240 g/mol. The molecule has 0 heterocycles. The molecule has 0 aliphatic carbocycles. The average Bonchev–Trinajstić information content (AvgIpc) is 2.39. The number of carbonyl (C=O) groups excluding carboxylic acids is 1. The summed E-state index contributed by atoms with van der Waals surface area (Å²) >= 11 is 0. The maximum absolute atomic E-state index is 11.9. The number of hydrazine groups is 1. The number of para-hydroxylation sites is 1. The first-order chi connectivity index (χ1) is 9.15. The van der Waals surface area contributed by atoms with E-state index >= 15 is 0 Å². The minimum atomic E-state index is -0.163. The molecule has 2 rings (SSSR count). The van der Waals surface area contributed by atoms with Crippen molar-refractivity contribution in [1.29, 1.82) is 0 Å². The van der Waals surface area contributed by atoms with Crippen molar-refractivity contribution in [2.75, 3.05) is 14.1 Å². The first-order valence-corrected chi connectivity index (χ1v) is 5.96. The molecule has 0 radical (unpaired) electrons. The number of hydrogen-bond donors (Lipinski definition) is 1. The van der Waals surface area contributed by atoms with E-state index in [1.807, 2.05) is 36.4 Å². The van der Waals surface area contributed by atoms with Crippen LogP contribution in [0.3, 0.4) is 0 Å². The lowest BCUT2D eigenvalue weighted by Gasteiger charge is -2.12. The van der Waals surface area contributed by atoms with Gasteiger partial charge in [-0.25, -0.2) is 5.01 Å². The van der Waals surface area contributed by atoms with Crippen LogP contribution in [0.25, 0.3) is 0 Å². The Kier molecular flexibility index (Phi) is 4.15. The van der Waals surface area contributed by atoms with Gasteiger partial charge < -0.3 is 4.74 Å². The van der Waals surface area contributed by atoms with Crippen molar-refractivity contribution in [2.24, 2.45) is 0 Å². The summed E-state index contributed by atoms with van der Waals surface area (Å²) in [6, 6.07) is 16.5. The molecule has 4 heteroatoms. The van der Waals surface area contributed by atoms with Crippen molar-refractivity contribution >= 4 is 5.91 Å². The molecule has 2 aromatic carbocycles. The van der Waals surface area contributed by atoms with Gasteiger partial charge in [-0.15, -0.1) is 0 Å². The van der Waals surface area contributed by atoms with Gasteiger partial charge in [-0.3, -0.25) is 10.2 Å². The lowest BCUT2D eigenvalue weighted by molar-refractivity contribution is 0.0856. The molecule has 0 atom stereocenters. The van der Waals surface area contributed by atoms with Crippen LogP contribution in [0, 0.1) is 0 Å². The van der Waals surface area contributed by atoms with Crippen LogP contribution >= 0.6 is 0 Å². The average molecular weight is 256 g/mol. The first kappa shape index (κ1) is 13.1. The Morgan fingerprint density at radius 2 is 1.68 bits per heavy atom. The molecule has 0 spiro atoms. The van der Waals surface area contributed by atoms with Crippen molar-refractivity contribution < 1.29 is 9.53 Å².